The van der Waals surface area contributed by atoms with Crippen LogP contribution >= 0.6 is 0 Å². The van der Waals surface area contributed by atoms with E-state index < -0.39 is 0 Å². The zero-order chi connectivity index (χ0) is 14.7. The number of ether oxygens (including phenoxy) is 1. The van der Waals surface area contributed by atoms with Crippen molar-refractivity contribution in [3.05, 3.63) is 30.0 Å². The van der Waals surface area contributed by atoms with Crippen molar-refractivity contribution in [2.24, 2.45) is 0 Å². The van der Waals surface area contributed by atoms with Crippen LogP contribution in [0.2, 0.25) is 0 Å². The molecule has 1 aliphatic heterocycles. The summed E-state index contributed by atoms with van der Waals surface area (Å²) in [7, 11) is 1.97. The van der Waals surface area contributed by atoms with Gasteiger partial charge in [0, 0.05) is 38.1 Å². The van der Waals surface area contributed by atoms with Gasteiger partial charge < -0.3 is 10.1 Å². The molecular formula is C16H24N4O. The number of likely N-dealkylation sites (N-methyl/N-ethyl adjacent to an activating group) is 1. The van der Waals surface area contributed by atoms with Gasteiger partial charge in [-0.1, -0.05) is 18.2 Å². The largest absolute Gasteiger partial charge is 0.374 e. The average molecular weight is 288 g/mol. The number of benzene rings is 1. The van der Waals surface area contributed by atoms with Crippen molar-refractivity contribution in [3.63, 3.8) is 0 Å². The molecule has 0 amide bonds. The van der Waals surface area contributed by atoms with E-state index in [9.17, 15) is 0 Å². The summed E-state index contributed by atoms with van der Waals surface area (Å²) in [5.41, 5.74) is 2.41. The van der Waals surface area contributed by atoms with Gasteiger partial charge in [-0.3, -0.25) is 9.58 Å². The minimum absolute atomic E-state index is 0.281. The molecule has 114 valence electrons. The van der Waals surface area contributed by atoms with E-state index in [2.05, 4.69) is 46.1 Å². The normalized spacial score (nSPS) is 20.2. The quantitative estimate of drug-likeness (QED) is 0.905. The van der Waals surface area contributed by atoms with Crippen LogP contribution in [0.25, 0.3) is 10.9 Å². The van der Waals surface area contributed by atoms with Gasteiger partial charge in [-0.15, -0.1) is 0 Å². The Morgan fingerprint density at radius 3 is 3.05 bits per heavy atom. The number of hydrogen-bond acceptors (Lipinski definition) is 4. The first-order chi connectivity index (χ1) is 10.3. The number of hydrogen-bond donors (Lipinski definition) is 1. The zero-order valence-electron chi connectivity index (χ0n) is 12.9. The second-order valence-corrected chi connectivity index (χ2v) is 5.57. The van der Waals surface area contributed by atoms with Crippen molar-refractivity contribution >= 4 is 10.9 Å². The molecule has 0 radical (unpaired) electrons. The molecule has 0 aliphatic carbocycles. The van der Waals surface area contributed by atoms with Crippen molar-refractivity contribution in [3.8, 4) is 0 Å². The number of aryl methyl sites for hydroxylation is 1. The SMILES string of the molecule is CCn1nc(CN2CCOC(CNC)C2)c2ccccc21. The smallest absolute Gasteiger partial charge is 0.0843 e. The topological polar surface area (TPSA) is 42.3 Å². The maximum absolute atomic E-state index is 5.77. The lowest BCUT2D eigenvalue weighted by molar-refractivity contribution is -0.0294. The summed E-state index contributed by atoms with van der Waals surface area (Å²) in [5.74, 6) is 0. The van der Waals surface area contributed by atoms with E-state index in [1.165, 1.54) is 16.6 Å². The van der Waals surface area contributed by atoms with Gasteiger partial charge in [-0.05, 0) is 20.0 Å². The number of nitrogens with zero attached hydrogens (tertiary/aromatic N) is 3. The summed E-state index contributed by atoms with van der Waals surface area (Å²) in [6.45, 7) is 7.60. The van der Waals surface area contributed by atoms with Crippen molar-refractivity contribution in [1.29, 1.82) is 0 Å². The Kier molecular flexibility index (Phi) is 4.53. The third-order valence-electron chi connectivity index (χ3n) is 4.06. The van der Waals surface area contributed by atoms with Crippen LogP contribution in [0.3, 0.4) is 0 Å². The molecule has 5 nitrogen and oxygen atoms in total. The highest BCUT2D eigenvalue weighted by Gasteiger charge is 2.21. The molecule has 1 aliphatic rings. The molecule has 3 rings (SSSR count). The van der Waals surface area contributed by atoms with E-state index in [1.807, 2.05) is 7.05 Å². The number of rotatable bonds is 5. The van der Waals surface area contributed by atoms with Crippen LogP contribution < -0.4 is 5.32 Å². The predicted molar refractivity (Wildman–Crippen MR) is 84.4 cm³/mol. The van der Waals surface area contributed by atoms with Gasteiger partial charge in [0.15, 0.2) is 0 Å². The second-order valence-electron chi connectivity index (χ2n) is 5.57. The Labute approximate surface area is 125 Å². The fourth-order valence-electron chi connectivity index (χ4n) is 3.04. The molecule has 2 heterocycles. The summed E-state index contributed by atoms with van der Waals surface area (Å²) in [4.78, 5) is 2.44. The van der Waals surface area contributed by atoms with Gasteiger partial charge in [-0.25, -0.2) is 0 Å². The van der Waals surface area contributed by atoms with Gasteiger partial charge in [0.05, 0.1) is 23.9 Å². The zero-order valence-corrected chi connectivity index (χ0v) is 12.9. The lowest BCUT2D eigenvalue weighted by Gasteiger charge is -2.32. The Balaban J connectivity index is 1.78. The molecule has 1 unspecified atom stereocenters. The van der Waals surface area contributed by atoms with Crippen LogP contribution in [-0.2, 0) is 17.8 Å². The molecule has 0 bridgehead atoms. The monoisotopic (exact) mass is 288 g/mol. The van der Waals surface area contributed by atoms with E-state index in [0.717, 1.165) is 39.3 Å². The summed E-state index contributed by atoms with van der Waals surface area (Å²) in [6.07, 6.45) is 0.281. The van der Waals surface area contributed by atoms with Crippen LogP contribution in [0.1, 0.15) is 12.6 Å². The van der Waals surface area contributed by atoms with E-state index in [0.29, 0.717) is 0 Å². The first kappa shape index (κ1) is 14.5. The Bertz CT molecular complexity index is 593. The second kappa shape index (κ2) is 6.56. The summed E-state index contributed by atoms with van der Waals surface area (Å²) >= 11 is 0. The van der Waals surface area contributed by atoms with Gasteiger partial charge in [0.1, 0.15) is 0 Å². The fraction of sp³-hybridized carbons (Fsp3) is 0.562. The van der Waals surface area contributed by atoms with E-state index >= 15 is 0 Å². The highest BCUT2D eigenvalue weighted by Crippen LogP contribution is 2.20. The molecule has 21 heavy (non-hydrogen) atoms. The van der Waals surface area contributed by atoms with Gasteiger partial charge in [0.2, 0.25) is 0 Å². The first-order valence-corrected chi connectivity index (χ1v) is 7.74. The van der Waals surface area contributed by atoms with E-state index in [4.69, 9.17) is 9.84 Å². The van der Waals surface area contributed by atoms with Gasteiger partial charge in [-0.2, -0.15) is 5.10 Å². The highest BCUT2D eigenvalue weighted by molar-refractivity contribution is 5.81. The Hall–Kier alpha value is -1.43. The fourth-order valence-corrected chi connectivity index (χ4v) is 3.04. The molecule has 1 aromatic carbocycles. The number of para-hydroxylation sites is 1. The third kappa shape index (κ3) is 3.10. The van der Waals surface area contributed by atoms with Crippen LogP contribution in [0.5, 0.6) is 0 Å². The van der Waals surface area contributed by atoms with Crippen LogP contribution in [0, 0.1) is 0 Å². The Morgan fingerprint density at radius 1 is 1.38 bits per heavy atom. The van der Waals surface area contributed by atoms with Crippen molar-refractivity contribution in [2.75, 3.05) is 33.3 Å². The van der Waals surface area contributed by atoms with Crippen LogP contribution in [-0.4, -0.2) is 54.1 Å². The maximum atomic E-state index is 5.77. The summed E-state index contributed by atoms with van der Waals surface area (Å²) in [6, 6.07) is 8.50. The molecule has 5 heteroatoms. The lowest BCUT2D eigenvalue weighted by Crippen LogP contribution is -2.45. The molecule has 2 aromatic rings. The number of fused-ring (bicyclic) bond motifs is 1. The van der Waals surface area contributed by atoms with Crippen LogP contribution in [0.4, 0.5) is 0 Å². The standard InChI is InChI=1S/C16H24N4O/c1-3-20-16-7-5-4-6-14(16)15(18-20)12-19-8-9-21-13(11-19)10-17-2/h4-7,13,17H,3,8-12H2,1-2H3. The van der Waals surface area contributed by atoms with Gasteiger partial charge in [0.25, 0.3) is 0 Å². The van der Waals surface area contributed by atoms with E-state index in [1.54, 1.807) is 0 Å². The summed E-state index contributed by atoms with van der Waals surface area (Å²) < 4.78 is 7.86. The number of morpholine rings is 1. The van der Waals surface area contributed by atoms with Crippen LogP contribution in [0.15, 0.2) is 24.3 Å². The van der Waals surface area contributed by atoms with E-state index in [-0.39, 0.29) is 6.10 Å². The third-order valence-corrected chi connectivity index (χ3v) is 4.06. The van der Waals surface area contributed by atoms with Crippen molar-refractivity contribution in [1.82, 2.24) is 20.0 Å². The summed E-state index contributed by atoms with van der Waals surface area (Å²) in [5, 5.41) is 9.26. The molecule has 0 saturated carbocycles. The average Bonchev–Trinajstić information content (AvgIpc) is 2.86. The number of aromatic nitrogens is 2. The molecule has 1 atom stereocenters. The number of nitrogens with one attached hydrogen (secondary N) is 1. The first-order valence-electron chi connectivity index (χ1n) is 7.74. The minimum Gasteiger partial charge on any atom is -0.374 e. The predicted octanol–water partition coefficient (Wildman–Crippen LogP) is 1.48. The molecule has 1 aromatic heterocycles. The molecular weight excluding hydrogens is 264 g/mol. The van der Waals surface area contributed by atoms with Gasteiger partial charge >= 0.3 is 0 Å². The Morgan fingerprint density at radius 2 is 2.24 bits per heavy atom. The minimum atomic E-state index is 0.281. The molecule has 1 N–H and O–H groups in total. The lowest BCUT2D eigenvalue weighted by atomic mass is 10.2. The van der Waals surface area contributed by atoms with Crippen molar-refractivity contribution < 1.29 is 4.74 Å². The molecule has 1 saturated heterocycles. The van der Waals surface area contributed by atoms with Crippen molar-refractivity contribution in [2.45, 2.75) is 26.1 Å². The molecule has 0 spiro atoms. The highest BCUT2D eigenvalue weighted by atomic mass is 16.5. The molecule has 1 fully saturated rings. The maximum Gasteiger partial charge on any atom is 0.0843 e.